The zero-order valence-corrected chi connectivity index (χ0v) is 4.38. The summed E-state index contributed by atoms with van der Waals surface area (Å²) in [5, 5.41) is 0. The van der Waals surface area contributed by atoms with Gasteiger partial charge >= 0.3 is 6.18 Å². The number of hydrogen-bond donors (Lipinski definition) is 0. The van der Waals surface area contributed by atoms with Gasteiger partial charge in [0.2, 0.25) is 0 Å². The summed E-state index contributed by atoms with van der Waals surface area (Å²) in [5.74, 6) is 0. The SMILES string of the molecule is O=CC(=C(F)F)C(F)(F)F. The molecule has 10 heavy (non-hydrogen) atoms. The van der Waals surface area contributed by atoms with Gasteiger partial charge in [-0.15, -0.1) is 0 Å². The third kappa shape index (κ3) is 2.12. The first kappa shape index (κ1) is 9.06. The van der Waals surface area contributed by atoms with Gasteiger partial charge in [0.05, 0.1) is 0 Å². The van der Waals surface area contributed by atoms with Gasteiger partial charge in [-0.3, -0.25) is 4.79 Å². The summed E-state index contributed by atoms with van der Waals surface area (Å²) < 4.78 is 55.9. The van der Waals surface area contributed by atoms with Crippen molar-refractivity contribution in [3.05, 3.63) is 11.7 Å². The average Bonchev–Trinajstić information content (AvgIpc) is 1.60. The molecule has 0 unspecified atom stereocenters. The minimum Gasteiger partial charge on any atom is -0.298 e. The van der Waals surface area contributed by atoms with Gasteiger partial charge in [0.25, 0.3) is 6.08 Å². The van der Waals surface area contributed by atoms with Crippen molar-refractivity contribution in [2.75, 3.05) is 0 Å². The Balaban J connectivity index is 4.71. The van der Waals surface area contributed by atoms with Gasteiger partial charge in [0.15, 0.2) is 11.9 Å². The predicted octanol–water partition coefficient (Wildman–Crippen LogP) is 1.90. The maximum Gasteiger partial charge on any atom is 0.424 e. The van der Waals surface area contributed by atoms with E-state index in [9.17, 15) is 26.7 Å². The van der Waals surface area contributed by atoms with E-state index in [1.165, 1.54) is 0 Å². The minimum absolute atomic E-state index is 0.921. The van der Waals surface area contributed by atoms with Crippen molar-refractivity contribution >= 4 is 6.29 Å². The lowest BCUT2D eigenvalue weighted by molar-refractivity contribution is -0.120. The van der Waals surface area contributed by atoms with Crippen molar-refractivity contribution in [2.45, 2.75) is 6.18 Å². The highest BCUT2D eigenvalue weighted by atomic mass is 19.4. The van der Waals surface area contributed by atoms with Gasteiger partial charge in [-0.05, 0) is 0 Å². The van der Waals surface area contributed by atoms with Crippen LogP contribution < -0.4 is 0 Å². The molecule has 0 N–H and O–H groups in total. The number of aldehydes is 1. The standard InChI is InChI=1S/C4HF5O/c5-3(6)2(1-10)4(7,8)9/h1H. The quantitative estimate of drug-likeness (QED) is 0.325. The number of allylic oxidation sites excluding steroid dienone is 1. The second kappa shape index (κ2) is 2.76. The summed E-state index contributed by atoms with van der Waals surface area (Å²) in [4.78, 5) is 9.34. The van der Waals surface area contributed by atoms with E-state index in [2.05, 4.69) is 0 Å². The van der Waals surface area contributed by atoms with Gasteiger partial charge in [-0.25, -0.2) is 0 Å². The summed E-state index contributed by atoms with van der Waals surface area (Å²) in [6.45, 7) is 0. The second-order valence-corrected chi connectivity index (χ2v) is 1.29. The molecule has 0 aliphatic rings. The van der Waals surface area contributed by atoms with E-state index in [4.69, 9.17) is 0 Å². The second-order valence-electron chi connectivity index (χ2n) is 1.29. The lowest BCUT2D eigenvalue weighted by Crippen LogP contribution is -2.13. The molecule has 0 fully saturated rings. The van der Waals surface area contributed by atoms with Crippen molar-refractivity contribution in [3.63, 3.8) is 0 Å². The Labute approximate surface area is 52.1 Å². The van der Waals surface area contributed by atoms with Gasteiger partial charge in [-0.2, -0.15) is 22.0 Å². The number of halogens is 5. The molecule has 0 saturated carbocycles. The fourth-order valence-corrected chi connectivity index (χ4v) is 0.219. The summed E-state index contributed by atoms with van der Waals surface area (Å²) in [7, 11) is 0. The first-order valence-corrected chi connectivity index (χ1v) is 1.97. The van der Waals surface area contributed by atoms with Crippen molar-refractivity contribution in [1.82, 2.24) is 0 Å². The Morgan fingerprint density at radius 1 is 1.20 bits per heavy atom. The Morgan fingerprint density at radius 3 is 1.60 bits per heavy atom. The minimum atomic E-state index is -5.25. The molecule has 0 saturated heterocycles. The van der Waals surface area contributed by atoms with E-state index in [0.29, 0.717) is 0 Å². The molecule has 0 aliphatic carbocycles. The van der Waals surface area contributed by atoms with Crippen molar-refractivity contribution in [2.24, 2.45) is 0 Å². The van der Waals surface area contributed by atoms with Crippen LogP contribution in [0.1, 0.15) is 0 Å². The van der Waals surface area contributed by atoms with E-state index >= 15 is 0 Å². The van der Waals surface area contributed by atoms with Crippen LogP contribution in [-0.2, 0) is 4.79 Å². The molecule has 0 radical (unpaired) electrons. The maximum absolute atomic E-state index is 11.2. The molecule has 0 atom stereocenters. The largest absolute Gasteiger partial charge is 0.424 e. The third-order valence-corrected chi connectivity index (χ3v) is 0.627. The van der Waals surface area contributed by atoms with E-state index < -0.39 is 24.1 Å². The van der Waals surface area contributed by atoms with E-state index in [1.807, 2.05) is 0 Å². The molecular weight excluding hydrogens is 159 g/mol. The van der Waals surface area contributed by atoms with Crippen molar-refractivity contribution in [1.29, 1.82) is 0 Å². The molecular formula is C4HF5O. The number of rotatable bonds is 1. The highest BCUT2D eigenvalue weighted by Gasteiger charge is 2.37. The van der Waals surface area contributed by atoms with Gasteiger partial charge < -0.3 is 0 Å². The van der Waals surface area contributed by atoms with Gasteiger partial charge in [-0.1, -0.05) is 0 Å². The number of hydrogen-bond acceptors (Lipinski definition) is 1. The van der Waals surface area contributed by atoms with Crippen LogP contribution in [0.4, 0.5) is 22.0 Å². The van der Waals surface area contributed by atoms with Crippen LogP contribution >= 0.6 is 0 Å². The maximum atomic E-state index is 11.2. The number of carbonyl (C=O) groups is 1. The summed E-state index contributed by atoms with van der Waals surface area (Å²) in [5.41, 5.74) is -2.42. The molecule has 0 amide bonds. The molecule has 1 nitrogen and oxygen atoms in total. The molecule has 6 heteroatoms. The van der Waals surface area contributed by atoms with Crippen LogP contribution in [-0.4, -0.2) is 12.5 Å². The lowest BCUT2D eigenvalue weighted by atomic mass is 10.3. The molecule has 0 aliphatic heterocycles. The molecule has 0 spiro atoms. The summed E-state index contributed by atoms with van der Waals surface area (Å²) in [6, 6.07) is 0. The average molecular weight is 160 g/mol. The third-order valence-electron chi connectivity index (χ3n) is 0.627. The van der Waals surface area contributed by atoms with Crippen LogP contribution in [0.2, 0.25) is 0 Å². The van der Waals surface area contributed by atoms with Crippen LogP contribution in [0.3, 0.4) is 0 Å². The summed E-state index contributed by atoms with van der Waals surface area (Å²) >= 11 is 0. The fourth-order valence-electron chi connectivity index (χ4n) is 0.219. The van der Waals surface area contributed by atoms with E-state index in [0.717, 1.165) is 0 Å². The van der Waals surface area contributed by atoms with Crippen LogP contribution in [0.25, 0.3) is 0 Å². The topological polar surface area (TPSA) is 17.1 Å². The van der Waals surface area contributed by atoms with Crippen LogP contribution in [0, 0.1) is 0 Å². The molecule has 0 aromatic heterocycles. The Kier molecular flexibility index (Phi) is 2.50. The molecule has 0 bridgehead atoms. The molecule has 0 aromatic rings. The molecule has 0 aromatic carbocycles. The van der Waals surface area contributed by atoms with E-state index in [-0.39, 0.29) is 0 Å². The van der Waals surface area contributed by atoms with Crippen molar-refractivity contribution in [3.8, 4) is 0 Å². The van der Waals surface area contributed by atoms with Crippen LogP contribution in [0.15, 0.2) is 11.7 Å². The molecule has 0 heterocycles. The predicted molar refractivity (Wildman–Crippen MR) is 21.4 cm³/mol. The highest BCUT2D eigenvalue weighted by molar-refractivity contribution is 5.75. The van der Waals surface area contributed by atoms with Crippen LogP contribution in [0.5, 0.6) is 0 Å². The first-order valence-electron chi connectivity index (χ1n) is 1.97. The molecule has 0 rings (SSSR count). The number of carbonyl (C=O) groups excluding carboxylic acids is 1. The van der Waals surface area contributed by atoms with Gasteiger partial charge in [0, 0.05) is 0 Å². The zero-order chi connectivity index (χ0) is 8.36. The van der Waals surface area contributed by atoms with Gasteiger partial charge in [0.1, 0.15) is 0 Å². The highest BCUT2D eigenvalue weighted by Crippen LogP contribution is 2.27. The Bertz CT molecular complexity index is 163. The van der Waals surface area contributed by atoms with E-state index in [1.54, 1.807) is 0 Å². The normalized spacial score (nSPS) is 10.9. The van der Waals surface area contributed by atoms with Crippen molar-refractivity contribution < 1.29 is 26.7 Å². The zero-order valence-electron chi connectivity index (χ0n) is 4.38. The molecule has 58 valence electrons. The fraction of sp³-hybridized carbons (Fsp3) is 0.250. The lowest BCUT2D eigenvalue weighted by Gasteiger charge is -2.01. The first-order chi connectivity index (χ1) is 4.39. The monoisotopic (exact) mass is 160 g/mol. The Morgan fingerprint density at radius 2 is 1.60 bits per heavy atom. The smallest absolute Gasteiger partial charge is 0.298 e. The Hall–Kier alpha value is -0.940. The summed E-state index contributed by atoms with van der Waals surface area (Å²) in [6.07, 6.45) is -9.18. The number of alkyl halides is 3.